The van der Waals surface area contributed by atoms with E-state index in [4.69, 9.17) is 10.8 Å². The molecule has 0 aromatic rings. The molecule has 1 unspecified atom stereocenters. The maximum Gasteiger partial charge on any atom is 0.323 e. The first-order valence-corrected chi connectivity index (χ1v) is 7.28. The molecule has 18 heavy (non-hydrogen) atoms. The van der Waals surface area contributed by atoms with Crippen molar-refractivity contribution >= 4 is 5.97 Å². The third-order valence-corrected chi connectivity index (χ3v) is 4.26. The van der Waals surface area contributed by atoms with Gasteiger partial charge < -0.3 is 10.8 Å². The van der Waals surface area contributed by atoms with E-state index in [-0.39, 0.29) is 5.41 Å². The van der Waals surface area contributed by atoms with E-state index >= 15 is 0 Å². The summed E-state index contributed by atoms with van der Waals surface area (Å²) in [4.78, 5) is 11.1. The number of unbranched alkanes of at least 4 members (excludes halogenated alkanes) is 6. The molecule has 0 saturated heterocycles. The summed E-state index contributed by atoms with van der Waals surface area (Å²) in [6.07, 6.45) is 9.60. The van der Waals surface area contributed by atoms with E-state index in [2.05, 4.69) is 6.92 Å². The van der Waals surface area contributed by atoms with Crippen LogP contribution >= 0.6 is 0 Å². The molecule has 0 aromatic heterocycles. The number of hydrogen-bond donors (Lipinski definition) is 2. The topological polar surface area (TPSA) is 63.3 Å². The highest BCUT2D eigenvalue weighted by Gasteiger charge is 2.43. The second-order valence-electron chi connectivity index (χ2n) is 6.26. The van der Waals surface area contributed by atoms with Gasteiger partial charge in [-0.1, -0.05) is 65.7 Å². The molecule has 0 bridgehead atoms. The molecule has 0 saturated carbocycles. The Kier molecular flexibility index (Phi) is 7.53. The Hall–Kier alpha value is -0.570. The lowest BCUT2D eigenvalue weighted by atomic mass is 9.70. The molecule has 0 aliphatic carbocycles. The van der Waals surface area contributed by atoms with Gasteiger partial charge in [0.25, 0.3) is 0 Å². The molecular formula is C15H31NO2. The lowest BCUT2D eigenvalue weighted by Gasteiger charge is -2.38. The molecule has 108 valence electrons. The first-order valence-electron chi connectivity index (χ1n) is 7.28. The normalized spacial score (nSPS) is 15.4. The fourth-order valence-corrected chi connectivity index (χ4v) is 2.07. The first kappa shape index (κ1) is 17.4. The summed E-state index contributed by atoms with van der Waals surface area (Å²) in [6.45, 7) is 7.75. The first-order chi connectivity index (χ1) is 8.25. The van der Waals surface area contributed by atoms with Gasteiger partial charge in [-0.25, -0.2) is 0 Å². The molecule has 3 nitrogen and oxygen atoms in total. The number of hydrogen-bond acceptors (Lipinski definition) is 2. The van der Waals surface area contributed by atoms with Gasteiger partial charge in [-0.2, -0.15) is 0 Å². The van der Waals surface area contributed by atoms with Gasteiger partial charge in [-0.15, -0.1) is 0 Å². The van der Waals surface area contributed by atoms with Crippen LogP contribution in [0.4, 0.5) is 0 Å². The maximum atomic E-state index is 11.1. The van der Waals surface area contributed by atoms with Crippen LogP contribution in [0.25, 0.3) is 0 Å². The maximum absolute atomic E-state index is 11.1. The Labute approximate surface area is 112 Å². The summed E-state index contributed by atoms with van der Waals surface area (Å²) in [7, 11) is 0. The van der Waals surface area contributed by atoms with E-state index in [9.17, 15) is 4.79 Å². The van der Waals surface area contributed by atoms with Crippen LogP contribution in [0.15, 0.2) is 0 Å². The van der Waals surface area contributed by atoms with Crippen molar-refractivity contribution in [2.45, 2.75) is 84.6 Å². The van der Waals surface area contributed by atoms with Gasteiger partial charge in [0, 0.05) is 0 Å². The zero-order valence-electron chi connectivity index (χ0n) is 12.6. The molecule has 0 aromatic carbocycles. The van der Waals surface area contributed by atoms with Gasteiger partial charge in [0.1, 0.15) is 5.54 Å². The minimum Gasteiger partial charge on any atom is -0.480 e. The zero-order valence-corrected chi connectivity index (χ0v) is 12.6. The Morgan fingerprint density at radius 2 is 1.44 bits per heavy atom. The van der Waals surface area contributed by atoms with E-state index in [1.807, 2.05) is 13.8 Å². The van der Waals surface area contributed by atoms with Crippen LogP contribution in [0.5, 0.6) is 0 Å². The lowest BCUT2D eigenvalue weighted by molar-refractivity contribution is -0.147. The van der Waals surface area contributed by atoms with Crippen molar-refractivity contribution in [3.8, 4) is 0 Å². The summed E-state index contributed by atoms with van der Waals surface area (Å²) in [5, 5.41) is 9.15. The zero-order chi connectivity index (χ0) is 14.2. The predicted molar refractivity (Wildman–Crippen MR) is 76.6 cm³/mol. The van der Waals surface area contributed by atoms with Crippen LogP contribution in [-0.2, 0) is 4.79 Å². The van der Waals surface area contributed by atoms with Crippen molar-refractivity contribution in [1.82, 2.24) is 0 Å². The Balaban J connectivity index is 3.88. The largest absolute Gasteiger partial charge is 0.480 e. The molecule has 0 aliphatic rings. The molecule has 0 aliphatic heterocycles. The number of nitrogens with two attached hydrogens (primary N) is 1. The third kappa shape index (κ3) is 5.38. The van der Waals surface area contributed by atoms with Gasteiger partial charge >= 0.3 is 5.97 Å². The highest BCUT2D eigenvalue weighted by Crippen LogP contribution is 2.34. The van der Waals surface area contributed by atoms with Gasteiger partial charge in [-0.3, -0.25) is 4.79 Å². The minimum atomic E-state index is -1.14. The van der Waals surface area contributed by atoms with Crippen molar-refractivity contribution in [3.05, 3.63) is 0 Å². The van der Waals surface area contributed by atoms with E-state index in [0.29, 0.717) is 0 Å². The van der Waals surface area contributed by atoms with E-state index in [1.165, 1.54) is 38.5 Å². The average Bonchev–Trinajstić information content (AvgIpc) is 2.27. The smallest absolute Gasteiger partial charge is 0.323 e. The minimum absolute atomic E-state index is 0.359. The number of rotatable bonds is 10. The summed E-state index contributed by atoms with van der Waals surface area (Å²) in [6, 6.07) is 0. The summed E-state index contributed by atoms with van der Waals surface area (Å²) in [5.74, 6) is -0.907. The standard InChI is InChI=1S/C15H31NO2/c1-5-6-7-8-9-10-11-12-14(2,3)15(4,16)13(17)18/h5-12,16H2,1-4H3,(H,17,18). The van der Waals surface area contributed by atoms with E-state index < -0.39 is 11.5 Å². The Morgan fingerprint density at radius 3 is 1.89 bits per heavy atom. The van der Waals surface area contributed by atoms with Crippen molar-refractivity contribution in [2.75, 3.05) is 0 Å². The predicted octanol–water partition coefficient (Wildman–Crippen LogP) is 3.96. The number of carboxylic acid groups (broad SMARTS) is 1. The van der Waals surface area contributed by atoms with Crippen LogP contribution in [0.3, 0.4) is 0 Å². The molecular weight excluding hydrogens is 226 g/mol. The lowest BCUT2D eigenvalue weighted by Crippen LogP contribution is -2.56. The summed E-state index contributed by atoms with van der Waals surface area (Å²) < 4.78 is 0. The summed E-state index contributed by atoms with van der Waals surface area (Å²) in [5.41, 5.74) is 4.42. The molecule has 0 fully saturated rings. The van der Waals surface area contributed by atoms with Gasteiger partial charge in [0.05, 0.1) is 0 Å². The van der Waals surface area contributed by atoms with Gasteiger partial charge in [0.2, 0.25) is 0 Å². The number of aliphatic carboxylic acids is 1. The van der Waals surface area contributed by atoms with Crippen molar-refractivity contribution < 1.29 is 9.90 Å². The third-order valence-electron chi connectivity index (χ3n) is 4.26. The van der Waals surface area contributed by atoms with Crippen LogP contribution in [-0.4, -0.2) is 16.6 Å². The van der Waals surface area contributed by atoms with Crippen LogP contribution in [0.1, 0.15) is 79.1 Å². The van der Waals surface area contributed by atoms with Crippen molar-refractivity contribution in [1.29, 1.82) is 0 Å². The Bertz CT molecular complexity index is 247. The summed E-state index contributed by atoms with van der Waals surface area (Å²) >= 11 is 0. The molecule has 0 radical (unpaired) electrons. The molecule has 0 amide bonds. The highest BCUT2D eigenvalue weighted by molar-refractivity contribution is 5.79. The molecule has 0 rings (SSSR count). The SMILES string of the molecule is CCCCCCCCCC(C)(C)C(C)(N)C(=O)O. The molecule has 3 heteroatoms. The van der Waals surface area contributed by atoms with Crippen molar-refractivity contribution in [2.24, 2.45) is 11.1 Å². The highest BCUT2D eigenvalue weighted by atomic mass is 16.4. The molecule has 0 spiro atoms. The fraction of sp³-hybridized carbons (Fsp3) is 0.933. The van der Waals surface area contributed by atoms with Gasteiger partial charge in [0.15, 0.2) is 0 Å². The van der Waals surface area contributed by atoms with Crippen LogP contribution < -0.4 is 5.73 Å². The van der Waals surface area contributed by atoms with Crippen LogP contribution in [0, 0.1) is 5.41 Å². The monoisotopic (exact) mass is 257 g/mol. The fourth-order valence-electron chi connectivity index (χ4n) is 2.07. The molecule has 1 atom stereocenters. The van der Waals surface area contributed by atoms with E-state index in [0.717, 1.165) is 12.8 Å². The van der Waals surface area contributed by atoms with Crippen LogP contribution in [0.2, 0.25) is 0 Å². The Morgan fingerprint density at radius 1 is 1.00 bits per heavy atom. The molecule has 0 heterocycles. The van der Waals surface area contributed by atoms with E-state index in [1.54, 1.807) is 6.92 Å². The van der Waals surface area contributed by atoms with Gasteiger partial charge in [-0.05, 0) is 18.8 Å². The quantitative estimate of drug-likeness (QED) is 0.582. The second-order valence-corrected chi connectivity index (χ2v) is 6.26. The number of carbonyl (C=O) groups is 1. The second kappa shape index (κ2) is 7.78. The number of carboxylic acids is 1. The average molecular weight is 257 g/mol. The molecule has 3 N–H and O–H groups in total. The van der Waals surface area contributed by atoms with Crippen molar-refractivity contribution in [3.63, 3.8) is 0 Å².